The molecule has 1 aromatic carbocycles. The Hall–Kier alpha value is -1.39. The van der Waals surface area contributed by atoms with E-state index in [2.05, 4.69) is 53.1 Å². The lowest BCUT2D eigenvalue weighted by molar-refractivity contribution is -0.134. The molecule has 1 saturated heterocycles. The minimum atomic E-state index is 0.349. The van der Waals surface area contributed by atoms with E-state index in [1.807, 2.05) is 0 Å². The van der Waals surface area contributed by atoms with E-state index >= 15 is 0 Å². The van der Waals surface area contributed by atoms with Crippen molar-refractivity contribution in [2.24, 2.45) is 17.3 Å². The third kappa shape index (κ3) is 4.77. The van der Waals surface area contributed by atoms with Gasteiger partial charge < -0.3 is 9.80 Å². The van der Waals surface area contributed by atoms with Gasteiger partial charge in [0.05, 0.1) is 0 Å². The second kappa shape index (κ2) is 9.46. The summed E-state index contributed by atoms with van der Waals surface area (Å²) in [6.07, 6.45) is 12.5. The molecule has 3 aliphatic carbocycles. The van der Waals surface area contributed by atoms with Crippen molar-refractivity contribution in [1.82, 2.24) is 14.7 Å². The SMILES string of the molecule is CN(C)CCCN(CC1CCN(C2Cc3ccccc3C2)CC1)C(=O)[C@H]1CC12CCCC2. The van der Waals surface area contributed by atoms with E-state index in [1.165, 1.54) is 70.9 Å². The Morgan fingerprint density at radius 3 is 2.31 bits per heavy atom. The first kappa shape index (κ1) is 22.4. The molecule has 176 valence electrons. The first-order valence-electron chi connectivity index (χ1n) is 13.3. The van der Waals surface area contributed by atoms with Crippen molar-refractivity contribution in [3.8, 4) is 0 Å². The van der Waals surface area contributed by atoms with Gasteiger partial charge in [0.25, 0.3) is 0 Å². The summed E-state index contributed by atoms with van der Waals surface area (Å²) in [5, 5.41) is 0. The third-order valence-corrected chi connectivity index (χ3v) is 9.11. The number of benzene rings is 1. The number of nitrogens with zero attached hydrogens (tertiary/aromatic N) is 3. The van der Waals surface area contributed by atoms with Crippen LogP contribution in [0.4, 0.5) is 0 Å². The summed E-state index contributed by atoms with van der Waals surface area (Å²) in [6.45, 7) is 5.42. The smallest absolute Gasteiger partial charge is 0.226 e. The molecule has 0 unspecified atom stereocenters. The van der Waals surface area contributed by atoms with E-state index in [-0.39, 0.29) is 0 Å². The normalized spacial score (nSPS) is 25.5. The van der Waals surface area contributed by atoms with Crippen LogP contribution >= 0.6 is 0 Å². The number of hydrogen-bond acceptors (Lipinski definition) is 3. The summed E-state index contributed by atoms with van der Waals surface area (Å²) < 4.78 is 0. The van der Waals surface area contributed by atoms with Crippen LogP contribution in [0.2, 0.25) is 0 Å². The van der Waals surface area contributed by atoms with Crippen molar-refractivity contribution < 1.29 is 4.79 Å². The number of likely N-dealkylation sites (tertiary alicyclic amines) is 1. The van der Waals surface area contributed by atoms with E-state index in [1.54, 1.807) is 11.1 Å². The second-order valence-corrected chi connectivity index (χ2v) is 11.6. The molecule has 4 heteroatoms. The van der Waals surface area contributed by atoms with Crippen LogP contribution in [-0.4, -0.2) is 73.5 Å². The van der Waals surface area contributed by atoms with Crippen molar-refractivity contribution in [3.63, 3.8) is 0 Å². The van der Waals surface area contributed by atoms with Crippen molar-refractivity contribution in [2.45, 2.75) is 70.3 Å². The molecular formula is C28H43N3O. The molecule has 1 aliphatic heterocycles. The van der Waals surface area contributed by atoms with Gasteiger partial charge in [0, 0.05) is 25.0 Å². The van der Waals surface area contributed by atoms with Gasteiger partial charge in [-0.05, 0) is 108 Å². The largest absolute Gasteiger partial charge is 0.342 e. The first-order chi connectivity index (χ1) is 15.5. The van der Waals surface area contributed by atoms with Crippen LogP contribution < -0.4 is 0 Å². The molecule has 32 heavy (non-hydrogen) atoms. The number of carbonyl (C=O) groups excluding carboxylic acids is 1. The standard InChI is InChI=1S/C28H43N3O/c1-29(2)14-7-15-31(27(32)26-20-28(26)12-5-6-13-28)21-22-10-16-30(17-11-22)25-18-23-8-3-4-9-24(23)19-25/h3-4,8-9,22,25-26H,5-7,10-21H2,1-2H3/t26-/m1/s1. The molecular weight excluding hydrogens is 394 g/mol. The highest BCUT2D eigenvalue weighted by atomic mass is 16.2. The van der Waals surface area contributed by atoms with Crippen molar-refractivity contribution in [1.29, 1.82) is 0 Å². The highest BCUT2D eigenvalue weighted by Crippen LogP contribution is 2.63. The number of amides is 1. The quantitative estimate of drug-likeness (QED) is 0.609. The average molecular weight is 438 g/mol. The van der Waals surface area contributed by atoms with Gasteiger partial charge in [0.2, 0.25) is 5.91 Å². The predicted molar refractivity (Wildman–Crippen MR) is 131 cm³/mol. The Labute approximate surface area is 195 Å². The monoisotopic (exact) mass is 437 g/mol. The summed E-state index contributed by atoms with van der Waals surface area (Å²) in [7, 11) is 4.27. The zero-order valence-electron chi connectivity index (χ0n) is 20.4. The Morgan fingerprint density at radius 1 is 1.03 bits per heavy atom. The number of piperidine rings is 1. The summed E-state index contributed by atoms with van der Waals surface area (Å²) in [6, 6.07) is 9.69. The molecule has 1 heterocycles. The lowest BCUT2D eigenvalue weighted by Crippen LogP contribution is -2.45. The lowest BCUT2D eigenvalue weighted by atomic mass is 9.94. The van der Waals surface area contributed by atoms with Crippen LogP contribution in [0.25, 0.3) is 0 Å². The molecule has 0 N–H and O–H groups in total. The molecule has 0 aromatic heterocycles. The molecule has 1 aromatic rings. The molecule has 0 bridgehead atoms. The molecule has 3 fully saturated rings. The zero-order chi connectivity index (χ0) is 22.1. The Morgan fingerprint density at radius 2 is 1.69 bits per heavy atom. The van der Waals surface area contributed by atoms with Gasteiger partial charge in [0.15, 0.2) is 0 Å². The highest BCUT2D eigenvalue weighted by Gasteiger charge is 2.59. The fourth-order valence-electron chi connectivity index (χ4n) is 7.02. The fourth-order valence-corrected chi connectivity index (χ4v) is 7.02. The molecule has 2 saturated carbocycles. The minimum Gasteiger partial charge on any atom is -0.342 e. The van der Waals surface area contributed by atoms with Crippen molar-refractivity contribution in [3.05, 3.63) is 35.4 Å². The zero-order valence-corrected chi connectivity index (χ0v) is 20.4. The molecule has 1 amide bonds. The van der Waals surface area contributed by atoms with Crippen molar-refractivity contribution >= 4 is 5.91 Å². The van der Waals surface area contributed by atoms with Gasteiger partial charge >= 0.3 is 0 Å². The van der Waals surface area contributed by atoms with Gasteiger partial charge in [-0.1, -0.05) is 37.1 Å². The fraction of sp³-hybridized carbons (Fsp3) is 0.750. The molecule has 1 atom stereocenters. The molecule has 4 nitrogen and oxygen atoms in total. The van der Waals surface area contributed by atoms with E-state index in [9.17, 15) is 4.79 Å². The summed E-state index contributed by atoms with van der Waals surface area (Å²) in [4.78, 5) is 20.8. The molecule has 5 rings (SSSR count). The minimum absolute atomic E-state index is 0.349. The van der Waals surface area contributed by atoms with E-state index in [4.69, 9.17) is 0 Å². The predicted octanol–water partition coefficient (Wildman–Crippen LogP) is 4.23. The van der Waals surface area contributed by atoms with Crippen molar-refractivity contribution in [2.75, 3.05) is 46.8 Å². The van der Waals surface area contributed by atoms with Gasteiger partial charge in [-0.15, -0.1) is 0 Å². The summed E-state index contributed by atoms with van der Waals surface area (Å²) in [5.41, 5.74) is 3.53. The molecule has 0 radical (unpaired) electrons. The Bertz CT molecular complexity index is 767. The number of fused-ring (bicyclic) bond motifs is 1. The topological polar surface area (TPSA) is 26.8 Å². The van der Waals surface area contributed by atoms with E-state index < -0.39 is 0 Å². The Kier molecular flexibility index (Phi) is 6.63. The van der Waals surface area contributed by atoms with Crippen LogP contribution in [0.1, 0.15) is 62.5 Å². The maximum atomic E-state index is 13.5. The first-order valence-corrected chi connectivity index (χ1v) is 13.3. The molecule has 1 spiro atoms. The van der Waals surface area contributed by atoms with Crippen LogP contribution in [0.15, 0.2) is 24.3 Å². The van der Waals surface area contributed by atoms with E-state index in [0.29, 0.717) is 29.2 Å². The number of rotatable bonds is 8. The average Bonchev–Trinajstić information content (AvgIpc) is 3.11. The number of carbonyl (C=O) groups is 1. The van der Waals surface area contributed by atoms with Crippen LogP contribution in [0, 0.1) is 17.3 Å². The highest BCUT2D eigenvalue weighted by molar-refractivity contribution is 5.82. The lowest BCUT2D eigenvalue weighted by Gasteiger charge is -2.38. The third-order valence-electron chi connectivity index (χ3n) is 9.11. The van der Waals surface area contributed by atoms with Crippen LogP contribution in [-0.2, 0) is 17.6 Å². The second-order valence-electron chi connectivity index (χ2n) is 11.6. The van der Waals surface area contributed by atoms with Gasteiger partial charge in [-0.2, -0.15) is 0 Å². The van der Waals surface area contributed by atoms with Crippen LogP contribution in [0.3, 0.4) is 0 Å². The summed E-state index contributed by atoms with van der Waals surface area (Å²) >= 11 is 0. The van der Waals surface area contributed by atoms with Crippen LogP contribution in [0.5, 0.6) is 0 Å². The Balaban J connectivity index is 1.14. The maximum Gasteiger partial charge on any atom is 0.226 e. The molecule has 4 aliphatic rings. The van der Waals surface area contributed by atoms with E-state index in [0.717, 1.165) is 26.1 Å². The number of hydrogen-bond donors (Lipinski definition) is 0. The summed E-state index contributed by atoms with van der Waals surface area (Å²) in [5.74, 6) is 1.53. The maximum absolute atomic E-state index is 13.5. The van der Waals surface area contributed by atoms with Gasteiger partial charge in [-0.25, -0.2) is 0 Å². The van der Waals surface area contributed by atoms with Gasteiger partial charge in [0.1, 0.15) is 0 Å². The van der Waals surface area contributed by atoms with Gasteiger partial charge in [-0.3, -0.25) is 9.69 Å².